The number of nitrogens with two attached hydrogens (primary N) is 1. The standard InChI is InChI=1S/C23H24FN7O4/c1-34-17-11-14(13-35-10-9-32)19(24)18(12-17)20(28-16-5-3-15(25)4-6-16)21-29-23(33)31(30-21)22-26-7-2-8-27-22/h2-8,11-12,20,28,32H,9-10,13,25H2,1H3,(H,29,30,33). The summed E-state index contributed by atoms with van der Waals surface area (Å²) in [5, 5.41) is 16.5. The highest BCUT2D eigenvalue weighted by molar-refractivity contribution is 5.54. The lowest BCUT2D eigenvalue weighted by Gasteiger charge is -2.21. The molecule has 2 aromatic carbocycles. The van der Waals surface area contributed by atoms with Crippen molar-refractivity contribution in [3.05, 3.63) is 88.1 Å². The highest BCUT2D eigenvalue weighted by Gasteiger charge is 2.26. The zero-order chi connectivity index (χ0) is 24.8. The van der Waals surface area contributed by atoms with E-state index < -0.39 is 17.5 Å². The summed E-state index contributed by atoms with van der Waals surface area (Å²) in [5.74, 6) is -0.0200. The maximum Gasteiger partial charge on any atom is 0.350 e. The summed E-state index contributed by atoms with van der Waals surface area (Å²) >= 11 is 0. The summed E-state index contributed by atoms with van der Waals surface area (Å²) in [7, 11) is 1.46. The van der Waals surface area contributed by atoms with Crippen molar-refractivity contribution in [3.8, 4) is 11.7 Å². The van der Waals surface area contributed by atoms with Crippen LogP contribution in [0.25, 0.3) is 5.95 Å². The summed E-state index contributed by atoms with van der Waals surface area (Å²) in [6.45, 7) is -0.234. The van der Waals surface area contributed by atoms with Gasteiger partial charge in [-0.15, -0.1) is 9.78 Å². The second-order valence-corrected chi connectivity index (χ2v) is 7.44. The Morgan fingerprint density at radius 2 is 1.97 bits per heavy atom. The molecule has 0 radical (unpaired) electrons. The molecular weight excluding hydrogens is 457 g/mol. The molecule has 0 spiro atoms. The van der Waals surface area contributed by atoms with Crippen LogP contribution in [0.5, 0.6) is 5.75 Å². The fraction of sp³-hybridized carbons (Fsp3) is 0.217. The largest absolute Gasteiger partial charge is 0.497 e. The monoisotopic (exact) mass is 481 g/mol. The molecule has 0 aliphatic carbocycles. The number of methoxy groups -OCH3 is 1. The molecule has 0 saturated carbocycles. The van der Waals surface area contributed by atoms with Gasteiger partial charge in [0.15, 0.2) is 5.82 Å². The predicted molar refractivity (Wildman–Crippen MR) is 126 cm³/mol. The number of benzene rings is 2. The number of nitrogens with zero attached hydrogens (tertiary/aromatic N) is 4. The first kappa shape index (κ1) is 23.9. The number of H-pyrrole nitrogens is 1. The zero-order valence-corrected chi connectivity index (χ0v) is 18.8. The molecule has 0 fully saturated rings. The lowest BCUT2D eigenvalue weighted by atomic mass is 10.0. The highest BCUT2D eigenvalue weighted by atomic mass is 19.1. The minimum Gasteiger partial charge on any atom is -0.497 e. The summed E-state index contributed by atoms with van der Waals surface area (Å²) in [4.78, 5) is 23.5. The number of aliphatic hydroxyl groups is 1. The number of ether oxygens (including phenoxy) is 2. The summed E-state index contributed by atoms with van der Waals surface area (Å²) in [6, 6.07) is 10.5. The normalized spacial score (nSPS) is 11.9. The molecule has 12 heteroatoms. The van der Waals surface area contributed by atoms with Gasteiger partial charge in [-0.1, -0.05) is 0 Å². The van der Waals surface area contributed by atoms with Crippen LogP contribution in [0.1, 0.15) is 23.0 Å². The van der Waals surface area contributed by atoms with Crippen molar-refractivity contribution >= 4 is 11.4 Å². The molecule has 2 heterocycles. The first-order chi connectivity index (χ1) is 17.0. The number of hydrogen-bond donors (Lipinski definition) is 4. The zero-order valence-electron chi connectivity index (χ0n) is 18.8. The van der Waals surface area contributed by atoms with Crippen LogP contribution in [0.15, 0.2) is 59.7 Å². The molecule has 0 aliphatic heterocycles. The van der Waals surface area contributed by atoms with E-state index in [1.54, 1.807) is 30.3 Å². The average Bonchev–Trinajstić information content (AvgIpc) is 3.26. The van der Waals surface area contributed by atoms with Crippen molar-refractivity contribution in [2.24, 2.45) is 0 Å². The molecule has 4 rings (SSSR count). The smallest absolute Gasteiger partial charge is 0.350 e. The van der Waals surface area contributed by atoms with Gasteiger partial charge >= 0.3 is 5.69 Å². The number of hydrogen-bond acceptors (Lipinski definition) is 9. The number of aromatic nitrogens is 5. The molecule has 182 valence electrons. The molecule has 0 saturated heterocycles. The van der Waals surface area contributed by atoms with Gasteiger partial charge in [0.05, 0.1) is 26.9 Å². The Balaban J connectivity index is 1.82. The fourth-order valence-electron chi connectivity index (χ4n) is 3.40. The van der Waals surface area contributed by atoms with E-state index in [1.807, 2.05) is 0 Å². The average molecular weight is 481 g/mol. The van der Waals surface area contributed by atoms with Gasteiger partial charge < -0.3 is 25.6 Å². The van der Waals surface area contributed by atoms with E-state index in [2.05, 4.69) is 25.4 Å². The molecule has 0 amide bonds. The van der Waals surface area contributed by atoms with Gasteiger partial charge in [0.1, 0.15) is 17.6 Å². The Morgan fingerprint density at radius 3 is 2.66 bits per heavy atom. The summed E-state index contributed by atoms with van der Waals surface area (Å²) < 4.78 is 27.4. The minimum absolute atomic E-state index is 0.0495. The van der Waals surface area contributed by atoms with Gasteiger partial charge in [0.2, 0.25) is 0 Å². The van der Waals surface area contributed by atoms with Crippen LogP contribution in [0.3, 0.4) is 0 Å². The molecule has 1 atom stereocenters. The fourth-order valence-corrected chi connectivity index (χ4v) is 3.40. The third-order valence-electron chi connectivity index (χ3n) is 5.06. The van der Waals surface area contributed by atoms with E-state index in [0.717, 1.165) is 4.68 Å². The summed E-state index contributed by atoms with van der Waals surface area (Å²) in [5.41, 5.74) is 6.73. The molecular formula is C23H24FN7O4. The first-order valence-corrected chi connectivity index (χ1v) is 10.6. The lowest BCUT2D eigenvalue weighted by molar-refractivity contribution is 0.0797. The van der Waals surface area contributed by atoms with Crippen LogP contribution in [-0.2, 0) is 11.3 Å². The minimum atomic E-state index is -0.942. The second-order valence-electron chi connectivity index (χ2n) is 7.44. The van der Waals surface area contributed by atoms with Crippen LogP contribution in [-0.4, -0.2) is 50.2 Å². The lowest BCUT2D eigenvalue weighted by Crippen LogP contribution is -2.18. The van der Waals surface area contributed by atoms with Gasteiger partial charge in [-0.05, 0) is 42.5 Å². The topological polar surface area (TPSA) is 153 Å². The Kier molecular flexibility index (Phi) is 7.33. The van der Waals surface area contributed by atoms with Gasteiger partial charge in [-0.2, -0.15) is 0 Å². The van der Waals surface area contributed by atoms with Crippen molar-refractivity contribution in [1.82, 2.24) is 24.7 Å². The van der Waals surface area contributed by atoms with Gasteiger partial charge in [0.25, 0.3) is 5.95 Å². The number of anilines is 2. The van der Waals surface area contributed by atoms with Gasteiger partial charge in [-0.25, -0.2) is 19.2 Å². The van der Waals surface area contributed by atoms with Gasteiger partial charge in [0, 0.05) is 34.9 Å². The Morgan fingerprint density at radius 1 is 1.23 bits per heavy atom. The predicted octanol–water partition coefficient (Wildman–Crippen LogP) is 1.79. The van der Waals surface area contributed by atoms with Crippen LogP contribution < -0.4 is 21.5 Å². The molecule has 5 N–H and O–H groups in total. The summed E-state index contributed by atoms with van der Waals surface area (Å²) in [6.07, 6.45) is 2.96. The molecule has 0 bridgehead atoms. The van der Waals surface area contributed by atoms with E-state index in [1.165, 1.54) is 31.6 Å². The molecule has 35 heavy (non-hydrogen) atoms. The van der Waals surface area contributed by atoms with Crippen LogP contribution >= 0.6 is 0 Å². The third kappa shape index (κ3) is 5.45. The number of halogens is 1. The quantitative estimate of drug-likeness (QED) is 0.196. The third-order valence-corrected chi connectivity index (χ3v) is 5.06. The second kappa shape index (κ2) is 10.8. The molecule has 11 nitrogen and oxygen atoms in total. The highest BCUT2D eigenvalue weighted by Crippen LogP contribution is 2.32. The van der Waals surface area contributed by atoms with Crippen molar-refractivity contribution < 1.29 is 19.0 Å². The Hall–Kier alpha value is -4.29. The number of nitrogen functional groups attached to an aromatic ring is 1. The van der Waals surface area contributed by atoms with E-state index in [-0.39, 0.29) is 42.7 Å². The van der Waals surface area contributed by atoms with E-state index >= 15 is 4.39 Å². The van der Waals surface area contributed by atoms with Crippen LogP contribution in [0.4, 0.5) is 15.8 Å². The number of aliphatic hydroxyl groups excluding tert-OH is 1. The number of nitrogens with one attached hydrogen (secondary N) is 2. The maximum atomic E-state index is 15.7. The Labute approximate surface area is 199 Å². The van der Waals surface area contributed by atoms with E-state index in [9.17, 15) is 4.79 Å². The molecule has 2 aromatic heterocycles. The Bertz CT molecular complexity index is 1330. The maximum absolute atomic E-state index is 15.7. The van der Waals surface area contributed by atoms with Crippen molar-refractivity contribution in [3.63, 3.8) is 0 Å². The SMILES string of the molecule is COc1cc(COCCO)c(F)c(C(Nc2ccc(N)cc2)c2nn(-c3ncccn3)c(=O)[nH]2)c1. The molecule has 1 unspecified atom stereocenters. The number of aromatic amines is 1. The van der Waals surface area contributed by atoms with Crippen molar-refractivity contribution in [2.45, 2.75) is 12.6 Å². The van der Waals surface area contributed by atoms with Gasteiger partial charge in [-0.3, -0.25) is 4.98 Å². The van der Waals surface area contributed by atoms with Crippen molar-refractivity contribution in [2.75, 3.05) is 31.4 Å². The van der Waals surface area contributed by atoms with E-state index in [0.29, 0.717) is 17.1 Å². The van der Waals surface area contributed by atoms with Crippen LogP contribution in [0, 0.1) is 5.82 Å². The van der Waals surface area contributed by atoms with E-state index in [4.69, 9.17) is 20.3 Å². The first-order valence-electron chi connectivity index (χ1n) is 10.6. The van der Waals surface area contributed by atoms with Crippen molar-refractivity contribution in [1.29, 1.82) is 0 Å². The number of rotatable bonds is 10. The van der Waals surface area contributed by atoms with Crippen LogP contribution in [0.2, 0.25) is 0 Å². The molecule has 4 aromatic rings. The molecule has 0 aliphatic rings.